The lowest BCUT2D eigenvalue weighted by atomic mass is 9.86. The van der Waals surface area contributed by atoms with Gasteiger partial charge in [0.15, 0.2) is 0 Å². The molecule has 0 aliphatic heterocycles. The van der Waals surface area contributed by atoms with Crippen LogP contribution in [0.3, 0.4) is 0 Å². The van der Waals surface area contributed by atoms with E-state index in [1.165, 1.54) is 7.11 Å². The molecule has 0 heterocycles. The van der Waals surface area contributed by atoms with Crippen LogP contribution in [-0.2, 0) is 10.2 Å². The maximum atomic E-state index is 11.8. The van der Waals surface area contributed by atoms with Crippen molar-refractivity contribution >= 4 is 26.6 Å². The van der Waals surface area contributed by atoms with Gasteiger partial charge in [0.1, 0.15) is 11.3 Å². The zero-order chi connectivity index (χ0) is 14.8. The first kappa shape index (κ1) is 16.1. The van der Waals surface area contributed by atoms with Crippen molar-refractivity contribution in [1.82, 2.24) is 0 Å². The third-order valence-electron chi connectivity index (χ3n) is 2.62. The van der Waals surface area contributed by atoms with E-state index in [0.717, 1.165) is 5.56 Å². The molecule has 0 bridgehead atoms. The highest BCUT2D eigenvalue weighted by Gasteiger charge is 2.25. The van der Waals surface area contributed by atoms with Crippen LogP contribution in [0.5, 0.6) is 5.75 Å². The molecule has 0 aliphatic rings. The molecule has 1 aromatic carbocycles. The number of benzene rings is 1. The molecule has 1 rings (SSSR count). The van der Waals surface area contributed by atoms with Crippen LogP contribution < -0.4 is 4.43 Å². The normalized spacial score (nSPS) is 11.6. The third kappa shape index (κ3) is 3.73. The van der Waals surface area contributed by atoms with Gasteiger partial charge in [0.25, 0.3) is 9.04 Å². The monoisotopic (exact) mass is 299 g/mol. The van der Waals surface area contributed by atoms with Crippen molar-refractivity contribution in [3.8, 4) is 5.75 Å². The molecule has 1 radical (unpaired) electrons. The molecule has 0 saturated heterocycles. The summed E-state index contributed by atoms with van der Waals surface area (Å²) in [5, 5.41) is 0.501. The first-order valence-electron chi connectivity index (χ1n) is 6.07. The SMILES string of the molecule is COC(=O)c1ccc(C(C)(C)C)c(Cl)c1O[Si](C)C. The summed E-state index contributed by atoms with van der Waals surface area (Å²) in [5.74, 6) is 0.0143. The van der Waals surface area contributed by atoms with E-state index < -0.39 is 15.0 Å². The van der Waals surface area contributed by atoms with Gasteiger partial charge in [-0.15, -0.1) is 0 Å². The summed E-state index contributed by atoms with van der Waals surface area (Å²) in [6.07, 6.45) is 0. The van der Waals surface area contributed by atoms with Crippen molar-refractivity contribution < 1.29 is 14.0 Å². The lowest BCUT2D eigenvalue weighted by molar-refractivity contribution is 0.0598. The van der Waals surface area contributed by atoms with Crippen molar-refractivity contribution in [2.24, 2.45) is 0 Å². The van der Waals surface area contributed by atoms with Crippen LogP contribution in [0.15, 0.2) is 12.1 Å². The van der Waals surface area contributed by atoms with Crippen molar-refractivity contribution in [2.45, 2.75) is 39.3 Å². The first-order valence-corrected chi connectivity index (χ1v) is 8.86. The number of hydrogen-bond acceptors (Lipinski definition) is 3. The molecule has 0 amide bonds. The summed E-state index contributed by atoms with van der Waals surface area (Å²) >= 11 is 6.43. The Bertz CT molecular complexity index is 478. The molecule has 105 valence electrons. The first-order chi connectivity index (χ1) is 8.68. The van der Waals surface area contributed by atoms with Crippen LogP contribution in [-0.4, -0.2) is 22.1 Å². The number of carbonyl (C=O) groups is 1. The lowest BCUT2D eigenvalue weighted by Crippen LogP contribution is -2.18. The second-order valence-electron chi connectivity index (χ2n) is 5.56. The molecule has 0 saturated carbocycles. The van der Waals surface area contributed by atoms with E-state index in [1.807, 2.05) is 19.2 Å². The Morgan fingerprint density at radius 2 is 1.84 bits per heavy atom. The largest absolute Gasteiger partial charge is 0.541 e. The second-order valence-corrected chi connectivity index (χ2v) is 7.95. The molecule has 5 heteroatoms. The van der Waals surface area contributed by atoms with Crippen LogP contribution in [0, 0.1) is 0 Å². The van der Waals surface area contributed by atoms with Gasteiger partial charge in [-0.05, 0) is 30.1 Å². The van der Waals surface area contributed by atoms with Crippen LogP contribution in [0.25, 0.3) is 0 Å². The van der Waals surface area contributed by atoms with E-state index in [1.54, 1.807) is 6.07 Å². The number of carbonyl (C=O) groups excluding carboxylic acids is 1. The molecule has 0 N–H and O–H groups in total. The average molecular weight is 300 g/mol. The Balaban J connectivity index is 3.45. The summed E-state index contributed by atoms with van der Waals surface area (Å²) in [6, 6.07) is 3.58. The van der Waals surface area contributed by atoms with Gasteiger partial charge in [0.05, 0.1) is 12.1 Å². The molecule has 0 atom stereocenters. The summed E-state index contributed by atoms with van der Waals surface area (Å²) in [6.45, 7) is 10.2. The fraction of sp³-hybridized carbons (Fsp3) is 0.500. The minimum absolute atomic E-state index is 0.113. The Kier molecular flexibility index (Phi) is 5.04. The fourth-order valence-electron chi connectivity index (χ4n) is 1.71. The van der Waals surface area contributed by atoms with Crippen LogP contribution in [0.1, 0.15) is 36.7 Å². The summed E-state index contributed by atoms with van der Waals surface area (Å²) in [7, 11) is 0.323. The highest BCUT2D eigenvalue weighted by molar-refractivity contribution is 6.49. The fourth-order valence-corrected chi connectivity index (χ4v) is 2.88. The smallest absolute Gasteiger partial charge is 0.341 e. The topological polar surface area (TPSA) is 35.5 Å². The van der Waals surface area contributed by atoms with Crippen molar-refractivity contribution in [1.29, 1.82) is 0 Å². The Morgan fingerprint density at radius 3 is 2.26 bits per heavy atom. The average Bonchev–Trinajstić information content (AvgIpc) is 2.28. The van der Waals surface area contributed by atoms with E-state index in [9.17, 15) is 4.79 Å². The van der Waals surface area contributed by atoms with E-state index in [4.69, 9.17) is 20.8 Å². The van der Waals surface area contributed by atoms with Gasteiger partial charge >= 0.3 is 5.97 Å². The number of ether oxygens (including phenoxy) is 1. The highest BCUT2D eigenvalue weighted by atomic mass is 35.5. The van der Waals surface area contributed by atoms with E-state index in [0.29, 0.717) is 16.3 Å². The Morgan fingerprint density at radius 1 is 1.26 bits per heavy atom. The quantitative estimate of drug-likeness (QED) is 0.624. The number of halogens is 1. The molecule has 3 nitrogen and oxygen atoms in total. The summed E-state index contributed by atoms with van der Waals surface area (Å²) in [5.41, 5.74) is 1.23. The standard InChI is InChI=1S/C14H20ClO3Si/c1-14(2,3)10-8-7-9(13(16)17-4)12(11(10)15)18-19(5)6/h7-8H,1-6H3. The molecular weight excluding hydrogens is 280 g/mol. The van der Waals surface area contributed by atoms with Gasteiger partial charge < -0.3 is 9.16 Å². The molecule has 19 heavy (non-hydrogen) atoms. The van der Waals surface area contributed by atoms with Crippen LogP contribution in [0.4, 0.5) is 0 Å². The van der Waals surface area contributed by atoms with Crippen LogP contribution >= 0.6 is 11.6 Å². The number of methoxy groups -OCH3 is 1. The molecule has 0 aromatic heterocycles. The highest BCUT2D eigenvalue weighted by Crippen LogP contribution is 2.38. The van der Waals surface area contributed by atoms with Gasteiger partial charge in [-0.2, -0.15) is 0 Å². The maximum Gasteiger partial charge on any atom is 0.341 e. The van der Waals surface area contributed by atoms with Crippen molar-refractivity contribution in [3.05, 3.63) is 28.3 Å². The van der Waals surface area contributed by atoms with Crippen molar-refractivity contribution in [2.75, 3.05) is 7.11 Å². The minimum Gasteiger partial charge on any atom is -0.541 e. The lowest BCUT2D eigenvalue weighted by Gasteiger charge is -2.24. The zero-order valence-electron chi connectivity index (χ0n) is 12.3. The van der Waals surface area contributed by atoms with Gasteiger partial charge in [-0.25, -0.2) is 4.79 Å². The molecule has 0 spiro atoms. The van der Waals surface area contributed by atoms with E-state index in [-0.39, 0.29) is 5.41 Å². The molecule has 0 fully saturated rings. The summed E-state index contributed by atoms with van der Waals surface area (Å²) < 4.78 is 10.6. The molecular formula is C14H20ClO3Si. The molecule has 0 unspecified atom stereocenters. The van der Waals surface area contributed by atoms with Gasteiger partial charge in [-0.1, -0.05) is 38.4 Å². The maximum absolute atomic E-state index is 11.8. The second kappa shape index (κ2) is 5.97. The third-order valence-corrected chi connectivity index (χ3v) is 3.60. The molecule has 0 aliphatic carbocycles. The van der Waals surface area contributed by atoms with Crippen molar-refractivity contribution in [3.63, 3.8) is 0 Å². The Labute approximate surface area is 121 Å². The van der Waals surface area contributed by atoms with Crippen LogP contribution in [0.2, 0.25) is 18.1 Å². The zero-order valence-corrected chi connectivity index (χ0v) is 14.0. The predicted octanol–water partition coefficient (Wildman–Crippen LogP) is 4.05. The number of rotatable bonds is 3. The molecule has 1 aromatic rings. The number of esters is 1. The van der Waals surface area contributed by atoms with Gasteiger partial charge in [0.2, 0.25) is 0 Å². The van der Waals surface area contributed by atoms with Gasteiger partial charge in [-0.3, -0.25) is 0 Å². The van der Waals surface area contributed by atoms with E-state index >= 15 is 0 Å². The Hall–Kier alpha value is -1.00. The number of hydrogen-bond donors (Lipinski definition) is 0. The summed E-state index contributed by atoms with van der Waals surface area (Å²) in [4.78, 5) is 11.8. The minimum atomic E-state index is -1.03. The van der Waals surface area contributed by atoms with E-state index in [2.05, 4.69) is 20.8 Å². The predicted molar refractivity (Wildman–Crippen MR) is 79.6 cm³/mol. The van der Waals surface area contributed by atoms with Gasteiger partial charge in [0, 0.05) is 0 Å².